The summed E-state index contributed by atoms with van der Waals surface area (Å²) >= 11 is 0. The third-order valence-electron chi connectivity index (χ3n) is 4.38. The number of anilines is 2. The highest BCUT2D eigenvalue weighted by molar-refractivity contribution is 5.93. The van der Waals surface area contributed by atoms with E-state index in [0.29, 0.717) is 37.0 Å². The van der Waals surface area contributed by atoms with E-state index in [4.69, 9.17) is 4.74 Å². The molecule has 3 rings (SSSR count). The van der Waals surface area contributed by atoms with Gasteiger partial charge in [-0.25, -0.2) is 9.97 Å². The Morgan fingerprint density at radius 2 is 1.76 bits per heavy atom. The minimum Gasteiger partial charge on any atom is -0.494 e. The number of aryl methyl sites for hydroxylation is 1. The number of hydrogen-bond donors (Lipinski definition) is 1. The molecule has 0 saturated heterocycles. The SMILES string of the molecule is CCOc1ccc(Nc2cc(C(=O)N(CC)Cc3ccccc3)nc(C)n2)cc1. The van der Waals surface area contributed by atoms with Crippen LogP contribution < -0.4 is 10.1 Å². The summed E-state index contributed by atoms with van der Waals surface area (Å²) in [6.07, 6.45) is 0. The summed E-state index contributed by atoms with van der Waals surface area (Å²) in [5.41, 5.74) is 2.33. The summed E-state index contributed by atoms with van der Waals surface area (Å²) in [4.78, 5) is 23.6. The van der Waals surface area contributed by atoms with Gasteiger partial charge in [-0.15, -0.1) is 0 Å². The van der Waals surface area contributed by atoms with Gasteiger partial charge >= 0.3 is 0 Å². The first-order valence-corrected chi connectivity index (χ1v) is 9.77. The minimum absolute atomic E-state index is 0.114. The predicted octanol–water partition coefficient (Wildman–Crippen LogP) is 4.59. The van der Waals surface area contributed by atoms with Crippen LogP contribution in [-0.4, -0.2) is 33.9 Å². The Balaban J connectivity index is 1.77. The largest absolute Gasteiger partial charge is 0.494 e. The first-order chi connectivity index (χ1) is 14.1. The molecule has 0 fully saturated rings. The highest BCUT2D eigenvalue weighted by atomic mass is 16.5. The maximum Gasteiger partial charge on any atom is 0.272 e. The van der Waals surface area contributed by atoms with Crippen LogP contribution >= 0.6 is 0 Å². The van der Waals surface area contributed by atoms with Gasteiger partial charge in [0, 0.05) is 24.8 Å². The number of nitrogens with zero attached hydrogens (tertiary/aromatic N) is 3. The van der Waals surface area contributed by atoms with Crippen LogP contribution in [0.2, 0.25) is 0 Å². The maximum absolute atomic E-state index is 13.0. The van der Waals surface area contributed by atoms with E-state index in [1.165, 1.54) is 0 Å². The van der Waals surface area contributed by atoms with Gasteiger partial charge in [0.2, 0.25) is 0 Å². The second-order valence-corrected chi connectivity index (χ2v) is 6.57. The lowest BCUT2D eigenvalue weighted by molar-refractivity contribution is 0.0746. The number of hydrogen-bond acceptors (Lipinski definition) is 5. The number of benzene rings is 2. The summed E-state index contributed by atoms with van der Waals surface area (Å²) in [6, 6.07) is 19.3. The molecule has 6 nitrogen and oxygen atoms in total. The second kappa shape index (κ2) is 9.68. The molecule has 0 aliphatic carbocycles. The van der Waals surface area contributed by atoms with Gasteiger partial charge in [-0.3, -0.25) is 4.79 Å². The molecule has 0 spiro atoms. The Hall–Kier alpha value is -3.41. The topological polar surface area (TPSA) is 67.3 Å². The zero-order valence-electron chi connectivity index (χ0n) is 17.1. The number of carbonyl (C=O) groups is 1. The standard InChI is InChI=1S/C23H26N4O2/c1-4-27(16-18-9-7-6-8-10-18)23(28)21-15-22(25-17(3)24-21)26-19-11-13-20(14-12-19)29-5-2/h6-15H,4-5,16H2,1-3H3,(H,24,25,26). The van der Waals surface area contributed by atoms with E-state index in [1.807, 2.05) is 68.4 Å². The minimum atomic E-state index is -0.114. The molecule has 1 heterocycles. The molecule has 2 aromatic carbocycles. The third-order valence-corrected chi connectivity index (χ3v) is 4.38. The summed E-state index contributed by atoms with van der Waals surface area (Å²) in [5.74, 6) is 1.82. The number of nitrogens with one attached hydrogen (secondary N) is 1. The molecular weight excluding hydrogens is 364 g/mol. The highest BCUT2D eigenvalue weighted by Crippen LogP contribution is 2.20. The summed E-state index contributed by atoms with van der Waals surface area (Å²) in [5, 5.41) is 3.24. The average molecular weight is 390 g/mol. The Kier molecular flexibility index (Phi) is 6.79. The number of ether oxygens (including phenoxy) is 1. The molecule has 0 aliphatic heterocycles. The second-order valence-electron chi connectivity index (χ2n) is 6.57. The van der Waals surface area contributed by atoms with Crippen molar-refractivity contribution in [2.45, 2.75) is 27.3 Å². The Bertz CT molecular complexity index is 943. The summed E-state index contributed by atoms with van der Waals surface area (Å²) < 4.78 is 5.46. The van der Waals surface area contributed by atoms with Gasteiger partial charge in [0.25, 0.3) is 5.91 Å². The number of carbonyl (C=O) groups excluding carboxylic acids is 1. The van der Waals surface area contributed by atoms with Crippen molar-refractivity contribution in [3.8, 4) is 5.75 Å². The Morgan fingerprint density at radius 3 is 2.41 bits per heavy atom. The lowest BCUT2D eigenvalue weighted by atomic mass is 10.2. The molecule has 150 valence electrons. The van der Waals surface area contributed by atoms with Gasteiger partial charge in [-0.2, -0.15) is 0 Å². The smallest absolute Gasteiger partial charge is 0.272 e. The zero-order chi connectivity index (χ0) is 20.6. The fraction of sp³-hybridized carbons (Fsp3) is 0.261. The van der Waals surface area contributed by atoms with Crippen molar-refractivity contribution in [2.75, 3.05) is 18.5 Å². The zero-order valence-corrected chi connectivity index (χ0v) is 17.1. The average Bonchev–Trinajstić information content (AvgIpc) is 2.73. The lowest BCUT2D eigenvalue weighted by Crippen LogP contribution is -2.31. The van der Waals surface area contributed by atoms with Crippen LogP contribution in [0.25, 0.3) is 0 Å². The summed E-state index contributed by atoms with van der Waals surface area (Å²) in [6.45, 7) is 7.47. The lowest BCUT2D eigenvalue weighted by Gasteiger charge is -2.21. The van der Waals surface area contributed by atoms with Gasteiger partial charge in [-0.1, -0.05) is 30.3 Å². The van der Waals surface area contributed by atoms with E-state index < -0.39 is 0 Å². The van der Waals surface area contributed by atoms with Crippen LogP contribution in [0.3, 0.4) is 0 Å². The van der Waals surface area contributed by atoms with Crippen molar-refractivity contribution in [1.29, 1.82) is 0 Å². The van der Waals surface area contributed by atoms with Crippen molar-refractivity contribution in [3.63, 3.8) is 0 Å². The van der Waals surface area contributed by atoms with Gasteiger partial charge < -0.3 is 15.0 Å². The monoisotopic (exact) mass is 390 g/mol. The van der Waals surface area contributed by atoms with Gasteiger partial charge in [0.05, 0.1) is 6.61 Å². The molecule has 1 aromatic heterocycles. The molecule has 0 unspecified atom stereocenters. The number of aromatic nitrogens is 2. The van der Waals surface area contributed by atoms with E-state index in [2.05, 4.69) is 15.3 Å². The van der Waals surface area contributed by atoms with Crippen LogP contribution in [0, 0.1) is 6.92 Å². The van der Waals surface area contributed by atoms with E-state index in [-0.39, 0.29) is 5.91 Å². The van der Waals surface area contributed by atoms with Crippen LogP contribution in [-0.2, 0) is 6.54 Å². The van der Waals surface area contributed by atoms with Crippen molar-refractivity contribution in [3.05, 3.63) is 77.7 Å². The quantitative estimate of drug-likeness (QED) is 0.609. The van der Waals surface area contributed by atoms with Crippen molar-refractivity contribution in [1.82, 2.24) is 14.9 Å². The van der Waals surface area contributed by atoms with Crippen LogP contribution in [0.5, 0.6) is 5.75 Å². The van der Waals surface area contributed by atoms with Crippen molar-refractivity contribution in [2.24, 2.45) is 0 Å². The van der Waals surface area contributed by atoms with Gasteiger partial charge in [0.15, 0.2) is 0 Å². The van der Waals surface area contributed by atoms with Crippen LogP contribution in [0.4, 0.5) is 11.5 Å². The molecule has 1 N–H and O–H groups in total. The van der Waals surface area contributed by atoms with Crippen LogP contribution in [0.1, 0.15) is 35.7 Å². The molecule has 3 aromatic rings. The molecule has 0 aliphatic rings. The van der Waals surface area contributed by atoms with E-state index >= 15 is 0 Å². The molecular formula is C23H26N4O2. The molecule has 0 bridgehead atoms. The molecule has 0 atom stereocenters. The van der Waals surface area contributed by atoms with Crippen molar-refractivity contribution < 1.29 is 9.53 Å². The first-order valence-electron chi connectivity index (χ1n) is 9.77. The van der Waals surface area contributed by atoms with E-state index in [9.17, 15) is 4.79 Å². The highest BCUT2D eigenvalue weighted by Gasteiger charge is 2.17. The predicted molar refractivity (Wildman–Crippen MR) is 115 cm³/mol. The normalized spacial score (nSPS) is 10.4. The third kappa shape index (κ3) is 5.54. The fourth-order valence-electron chi connectivity index (χ4n) is 2.98. The van der Waals surface area contributed by atoms with Gasteiger partial charge in [0.1, 0.15) is 23.1 Å². The number of amides is 1. The molecule has 0 radical (unpaired) electrons. The van der Waals surface area contributed by atoms with Gasteiger partial charge in [-0.05, 0) is 50.6 Å². The Labute approximate surface area is 171 Å². The van der Waals surface area contributed by atoms with Crippen molar-refractivity contribution >= 4 is 17.4 Å². The van der Waals surface area contributed by atoms with E-state index in [0.717, 1.165) is 17.0 Å². The van der Waals surface area contributed by atoms with E-state index in [1.54, 1.807) is 17.9 Å². The first kappa shape index (κ1) is 20.3. The molecule has 29 heavy (non-hydrogen) atoms. The number of rotatable bonds is 8. The summed E-state index contributed by atoms with van der Waals surface area (Å²) in [7, 11) is 0. The maximum atomic E-state index is 13.0. The molecule has 6 heteroatoms. The van der Waals surface area contributed by atoms with Crippen LogP contribution in [0.15, 0.2) is 60.7 Å². The fourth-order valence-corrected chi connectivity index (χ4v) is 2.98. The Morgan fingerprint density at radius 1 is 1.03 bits per heavy atom. The molecule has 1 amide bonds. The molecule has 0 saturated carbocycles.